The Morgan fingerprint density at radius 3 is 2.08 bits per heavy atom. The van der Waals surface area contributed by atoms with E-state index >= 15 is 0 Å². The van der Waals surface area contributed by atoms with Crippen LogP contribution in [0.5, 0.6) is 0 Å². The molecule has 0 saturated carbocycles. The first-order valence-corrected chi connectivity index (χ1v) is 3.89. The molecule has 2 radical (unpaired) electrons. The van der Waals surface area contributed by atoms with Crippen molar-refractivity contribution in [1.29, 1.82) is 0 Å². The van der Waals surface area contributed by atoms with Gasteiger partial charge in [0.2, 0.25) is 0 Å². The van der Waals surface area contributed by atoms with E-state index in [1.807, 2.05) is 42.5 Å². The van der Waals surface area contributed by atoms with E-state index in [0.29, 0.717) is 0 Å². The van der Waals surface area contributed by atoms with Crippen molar-refractivity contribution in [3.63, 3.8) is 0 Å². The fourth-order valence-electron chi connectivity index (χ4n) is 0.571. The van der Waals surface area contributed by atoms with Crippen molar-refractivity contribution in [3.8, 4) is 0 Å². The molecule has 0 aliphatic carbocycles. The SMILES string of the molecule is [CH]=CCC=CC=CC=CC=C[CH2]. The summed E-state index contributed by atoms with van der Waals surface area (Å²) >= 11 is 0. The predicted molar refractivity (Wildman–Crippen MR) is 55.4 cm³/mol. The minimum absolute atomic E-state index is 0.812. The molecule has 0 heteroatoms. The number of hydrogen-bond donors (Lipinski definition) is 0. The van der Waals surface area contributed by atoms with Gasteiger partial charge in [0.15, 0.2) is 0 Å². The maximum atomic E-state index is 5.18. The first-order chi connectivity index (χ1) is 5.91. The van der Waals surface area contributed by atoms with Crippen LogP contribution in [0.25, 0.3) is 0 Å². The van der Waals surface area contributed by atoms with Gasteiger partial charge in [0.1, 0.15) is 0 Å². The molecule has 0 aromatic carbocycles. The van der Waals surface area contributed by atoms with Crippen molar-refractivity contribution < 1.29 is 0 Å². The van der Waals surface area contributed by atoms with Gasteiger partial charge < -0.3 is 0 Å². The molecule has 0 aliphatic heterocycles. The molecule has 0 bridgehead atoms. The molecule has 0 atom stereocenters. The average Bonchev–Trinajstić information content (AvgIpc) is 2.10. The zero-order valence-corrected chi connectivity index (χ0v) is 7.19. The highest BCUT2D eigenvalue weighted by atomic mass is 13.7. The Bertz CT molecular complexity index is 202. The second-order valence-corrected chi connectivity index (χ2v) is 2.10. The summed E-state index contributed by atoms with van der Waals surface area (Å²) in [6, 6.07) is 0. The van der Waals surface area contributed by atoms with E-state index in [0.717, 1.165) is 6.42 Å². The first-order valence-electron chi connectivity index (χ1n) is 3.89. The maximum absolute atomic E-state index is 5.18. The molecule has 0 aromatic rings. The summed E-state index contributed by atoms with van der Waals surface area (Å²) in [6.07, 6.45) is 17.8. The fourth-order valence-corrected chi connectivity index (χ4v) is 0.571. The Kier molecular flexibility index (Phi) is 8.65. The van der Waals surface area contributed by atoms with Crippen molar-refractivity contribution in [2.75, 3.05) is 0 Å². The van der Waals surface area contributed by atoms with E-state index in [9.17, 15) is 0 Å². The van der Waals surface area contributed by atoms with Gasteiger partial charge in [-0.25, -0.2) is 0 Å². The summed E-state index contributed by atoms with van der Waals surface area (Å²) in [4.78, 5) is 0. The van der Waals surface area contributed by atoms with Gasteiger partial charge in [-0.3, -0.25) is 0 Å². The largest absolute Gasteiger partial charge is 0.0842 e. The molecule has 62 valence electrons. The van der Waals surface area contributed by atoms with Crippen LogP contribution in [0.3, 0.4) is 0 Å². The minimum Gasteiger partial charge on any atom is -0.0842 e. The van der Waals surface area contributed by atoms with E-state index < -0.39 is 0 Å². The van der Waals surface area contributed by atoms with E-state index in [4.69, 9.17) is 6.58 Å². The van der Waals surface area contributed by atoms with Crippen LogP contribution < -0.4 is 0 Å². The van der Waals surface area contributed by atoms with Crippen molar-refractivity contribution in [1.82, 2.24) is 0 Å². The molecule has 0 saturated heterocycles. The highest BCUT2D eigenvalue weighted by Crippen LogP contribution is 1.85. The van der Waals surface area contributed by atoms with Crippen LogP contribution in [0.4, 0.5) is 0 Å². The smallest absolute Gasteiger partial charge is 0.0163 e. The molecule has 0 rings (SSSR count). The Morgan fingerprint density at radius 1 is 0.917 bits per heavy atom. The van der Waals surface area contributed by atoms with Gasteiger partial charge in [-0.15, -0.1) is 0 Å². The number of rotatable bonds is 5. The second-order valence-electron chi connectivity index (χ2n) is 2.10. The highest BCUT2D eigenvalue weighted by molar-refractivity contribution is 5.15. The summed E-state index contributed by atoms with van der Waals surface area (Å²) in [5.74, 6) is 0. The lowest BCUT2D eigenvalue weighted by molar-refractivity contribution is 1.40. The molecular formula is C12H14. The molecule has 0 unspecified atom stereocenters. The molecule has 0 aromatic heterocycles. The molecule has 12 heavy (non-hydrogen) atoms. The average molecular weight is 158 g/mol. The summed E-state index contributed by atoms with van der Waals surface area (Å²) in [6.45, 7) is 8.73. The summed E-state index contributed by atoms with van der Waals surface area (Å²) in [7, 11) is 0. The van der Waals surface area contributed by atoms with Crippen LogP contribution in [-0.2, 0) is 0 Å². The van der Waals surface area contributed by atoms with Crippen LogP contribution in [0.1, 0.15) is 6.42 Å². The fraction of sp³-hybridized carbons (Fsp3) is 0.0833. The van der Waals surface area contributed by atoms with E-state index in [1.54, 1.807) is 12.2 Å². The number of hydrogen-bond acceptors (Lipinski definition) is 0. The van der Waals surface area contributed by atoms with E-state index in [-0.39, 0.29) is 0 Å². The molecular weight excluding hydrogens is 144 g/mol. The molecule has 0 aliphatic rings. The Morgan fingerprint density at radius 2 is 1.50 bits per heavy atom. The van der Waals surface area contributed by atoms with Gasteiger partial charge in [0.25, 0.3) is 0 Å². The quantitative estimate of drug-likeness (QED) is 0.538. The number of allylic oxidation sites excluding steroid dienone is 9. The molecule has 0 amide bonds. The van der Waals surface area contributed by atoms with E-state index in [1.165, 1.54) is 0 Å². The summed E-state index contributed by atoms with van der Waals surface area (Å²) < 4.78 is 0. The van der Waals surface area contributed by atoms with Crippen molar-refractivity contribution in [2.45, 2.75) is 6.42 Å². The minimum atomic E-state index is 0.812. The van der Waals surface area contributed by atoms with Crippen molar-refractivity contribution in [2.24, 2.45) is 0 Å². The normalized spacial score (nSPS) is 12.8. The molecule has 0 nitrogen and oxygen atoms in total. The molecule has 0 spiro atoms. The Balaban J connectivity index is 3.55. The predicted octanol–water partition coefficient (Wildman–Crippen LogP) is 3.42. The summed E-state index contributed by atoms with van der Waals surface area (Å²) in [5.41, 5.74) is 0. The summed E-state index contributed by atoms with van der Waals surface area (Å²) in [5, 5.41) is 0. The topological polar surface area (TPSA) is 0 Å². The lowest BCUT2D eigenvalue weighted by atomic mass is 10.3. The van der Waals surface area contributed by atoms with Gasteiger partial charge >= 0.3 is 0 Å². The van der Waals surface area contributed by atoms with Gasteiger partial charge in [-0.05, 0) is 13.3 Å². The van der Waals surface area contributed by atoms with Crippen LogP contribution in [0.2, 0.25) is 0 Å². The second kappa shape index (κ2) is 9.70. The lowest BCUT2D eigenvalue weighted by Gasteiger charge is -1.75. The Hall–Kier alpha value is -1.30. The third kappa shape index (κ3) is 8.70. The Labute approximate surface area is 75.3 Å². The van der Waals surface area contributed by atoms with E-state index in [2.05, 4.69) is 6.92 Å². The molecule has 0 N–H and O–H groups in total. The van der Waals surface area contributed by atoms with Gasteiger partial charge in [-0.2, -0.15) is 0 Å². The monoisotopic (exact) mass is 158 g/mol. The van der Waals surface area contributed by atoms with Crippen molar-refractivity contribution >= 4 is 0 Å². The van der Waals surface area contributed by atoms with Gasteiger partial charge in [0, 0.05) is 0 Å². The van der Waals surface area contributed by atoms with Crippen LogP contribution in [0.15, 0.2) is 54.7 Å². The molecule has 0 heterocycles. The van der Waals surface area contributed by atoms with Gasteiger partial charge in [0.05, 0.1) is 0 Å². The zero-order valence-electron chi connectivity index (χ0n) is 7.19. The highest BCUT2D eigenvalue weighted by Gasteiger charge is 1.64. The standard InChI is InChI=1S/C12H14/c1-3-5-7-9-11-12-10-8-6-4-2/h1,3-4,6-12H,2,5H2. The van der Waals surface area contributed by atoms with Crippen LogP contribution in [-0.4, -0.2) is 0 Å². The maximum Gasteiger partial charge on any atom is -0.0163 e. The first kappa shape index (κ1) is 10.7. The zero-order chi connectivity index (χ0) is 9.07. The van der Waals surface area contributed by atoms with Crippen LogP contribution in [0, 0.1) is 13.5 Å². The lowest BCUT2D eigenvalue weighted by Crippen LogP contribution is -1.54. The van der Waals surface area contributed by atoms with Crippen molar-refractivity contribution in [3.05, 3.63) is 68.2 Å². The third-order valence-corrected chi connectivity index (χ3v) is 1.10. The molecule has 0 fully saturated rings. The van der Waals surface area contributed by atoms with Crippen LogP contribution >= 0.6 is 0 Å². The van der Waals surface area contributed by atoms with Gasteiger partial charge in [-0.1, -0.05) is 61.3 Å². The third-order valence-electron chi connectivity index (χ3n) is 1.10.